The number of nitrogens with zero attached hydrogens (tertiary/aromatic N) is 2. The van der Waals surface area contributed by atoms with Crippen molar-refractivity contribution in [3.05, 3.63) is 25.3 Å². The fourth-order valence-electron chi connectivity index (χ4n) is 6.50. The van der Waals surface area contributed by atoms with E-state index in [4.69, 9.17) is 4.74 Å². The molecule has 3 unspecified atom stereocenters. The number of rotatable bonds is 14. The van der Waals surface area contributed by atoms with Crippen LogP contribution in [0.4, 0.5) is 0 Å². The van der Waals surface area contributed by atoms with Crippen molar-refractivity contribution in [3.8, 4) is 0 Å². The third-order valence-electron chi connectivity index (χ3n) is 8.26. The van der Waals surface area contributed by atoms with Gasteiger partial charge < -0.3 is 19.6 Å². The Labute approximate surface area is 220 Å². The molecule has 0 saturated carbocycles. The molecule has 3 saturated heterocycles. The maximum atomic E-state index is 14.3. The van der Waals surface area contributed by atoms with Crippen molar-refractivity contribution < 1.29 is 24.2 Å². The van der Waals surface area contributed by atoms with Crippen molar-refractivity contribution in [1.29, 1.82) is 0 Å². The molecule has 0 aromatic heterocycles. The van der Waals surface area contributed by atoms with E-state index >= 15 is 0 Å². The van der Waals surface area contributed by atoms with Crippen LogP contribution in [0.15, 0.2) is 25.3 Å². The predicted molar refractivity (Wildman–Crippen MR) is 143 cm³/mol. The molecule has 1 N–H and O–H groups in total. The summed E-state index contributed by atoms with van der Waals surface area (Å²) in [5.41, 5.74) is 0. The molecule has 3 fully saturated rings. The maximum Gasteiger partial charge on any atom is 0.310 e. The zero-order valence-corrected chi connectivity index (χ0v) is 23.2. The molecule has 3 heterocycles. The normalized spacial score (nSPS) is 31.4. The lowest BCUT2D eigenvalue weighted by Crippen LogP contribution is -2.60. The van der Waals surface area contributed by atoms with E-state index in [9.17, 15) is 19.5 Å². The summed E-state index contributed by atoms with van der Waals surface area (Å²) in [6.45, 7) is 16.7. The summed E-state index contributed by atoms with van der Waals surface area (Å²) in [5, 5.41) is 10.3. The summed E-state index contributed by atoms with van der Waals surface area (Å²) in [7, 11) is 0. The third-order valence-corrected chi connectivity index (χ3v) is 10.3. The van der Waals surface area contributed by atoms with Crippen LogP contribution < -0.4 is 0 Å². The second-order valence-electron chi connectivity index (χ2n) is 10.8. The van der Waals surface area contributed by atoms with Crippen molar-refractivity contribution in [1.82, 2.24) is 9.80 Å². The van der Waals surface area contributed by atoms with E-state index in [-0.39, 0.29) is 48.1 Å². The number of esters is 1. The van der Waals surface area contributed by atoms with E-state index < -0.39 is 28.7 Å². The van der Waals surface area contributed by atoms with Gasteiger partial charge in [0.2, 0.25) is 11.8 Å². The highest BCUT2D eigenvalue weighted by Gasteiger charge is 2.77. The van der Waals surface area contributed by atoms with E-state index in [2.05, 4.69) is 27.0 Å². The summed E-state index contributed by atoms with van der Waals surface area (Å²) >= 11 is 1.64. The van der Waals surface area contributed by atoms with Crippen LogP contribution in [-0.4, -0.2) is 81.1 Å². The molecular formula is C28H44N2O5S. The number of carbonyl (C=O) groups is 3. The second kappa shape index (κ2) is 12.2. The number of hydrogen-bond acceptors (Lipinski definition) is 6. The molecule has 3 aliphatic heterocycles. The van der Waals surface area contributed by atoms with Crippen LogP contribution >= 0.6 is 11.8 Å². The molecule has 0 radical (unpaired) electrons. The number of hydrogen-bond donors (Lipinski definition) is 1. The van der Waals surface area contributed by atoms with Gasteiger partial charge in [0.1, 0.15) is 6.04 Å². The molecule has 0 aliphatic carbocycles. The second-order valence-corrected chi connectivity index (χ2v) is 12.4. The Morgan fingerprint density at radius 2 is 2.03 bits per heavy atom. The van der Waals surface area contributed by atoms with Crippen molar-refractivity contribution >= 4 is 29.5 Å². The number of amides is 2. The number of unbranched alkanes of at least 4 members (excludes halogenated alkanes) is 2. The Morgan fingerprint density at radius 1 is 1.31 bits per heavy atom. The zero-order valence-electron chi connectivity index (χ0n) is 22.4. The third kappa shape index (κ3) is 4.87. The Kier molecular flexibility index (Phi) is 9.72. The van der Waals surface area contributed by atoms with Crippen molar-refractivity contribution in [3.63, 3.8) is 0 Å². The van der Waals surface area contributed by atoms with Crippen LogP contribution in [0.2, 0.25) is 0 Å². The number of thioether (sulfide) groups is 1. The Bertz CT molecular complexity index is 848. The minimum atomic E-state index is -0.730. The molecule has 1 spiro atoms. The van der Waals surface area contributed by atoms with Gasteiger partial charge in [0.15, 0.2) is 0 Å². The number of ether oxygens (including phenoxy) is 1. The minimum Gasteiger partial charge on any atom is -0.465 e. The topological polar surface area (TPSA) is 87.1 Å². The molecule has 3 aliphatic rings. The fraction of sp³-hybridized carbons (Fsp3) is 0.750. The first-order valence-electron chi connectivity index (χ1n) is 13.5. The van der Waals surface area contributed by atoms with Gasteiger partial charge in [-0.05, 0) is 31.1 Å². The molecular weight excluding hydrogens is 476 g/mol. The predicted octanol–water partition coefficient (Wildman–Crippen LogP) is 3.66. The minimum absolute atomic E-state index is 0.0482. The molecule has 3 rings (SSSR count). The lowest BCUT2D eigenvalue weighted by Gasteiger charge is -2.42. The van der Waals surface area contributed by atoms with Gasteiger partial charge in [-0.1, -0.05) is 52.7 Å². The van der Waals surface area contributed by atoms with E-state index in [1.165, 1.54) is 0 Å². The van der Waals surface area contributed by atoms with Crippen LogP contribution in [0, 0.1) is 23.7 Å². The summed E-state index contributed by atoms with van der Waals surface area (Å²) in [5.74, 6) is -1.83. The van der Waals surface area contributed by atoms with Gasteiger partial charge in [-0.25, -0.2) is 0 Å². The van der Waals surface area contributed by atoms with E-state index in [1.807, 2.05) is 18.7 Å². The summed E-state index contributed by atoms with van der Waals surface area (Å²) in [4.78, 5) is 45.3. The van der Waals surface area contributed by atoms with Gasteiger partial charge in [-0.15, -0.1) is 24.9 Å². The molecule has 2 bridgehead atoms. The standard InChI is InChI=1S/C28H44N2O5S/c1-7-10-12-14-29(13-9-3)26(33)24-28-19(6)16-21(36-28)22(27(34)35-15-11-8-2)23(28)25(32)30(24)20(17-31)18(4)5/h8-9,18-24,31H,2-3,7,10-17H2,1,4-6H3/t19?,20-,21+,22-,23-,24?,28?/m0/s1. The smallest absolute Gasteiger partial charge is 0.310 e. The molecule has 7 nitrogen and oxygen atoms in total. The Balaban J connectivity index is 2.06. The highest BCUT2D eigenvalue weighted by Crippen LogP contribution is 2.69. The van der Waals surface area contributed by atoms with Crippen molar-refractivity contribution in [2.75, 3.05) is 26.3 Å². The highest BCUT2D eigenvalue weighted by atomic mass is 32.2. The average molecular weight is 521 g/mol. The lowest BCUT2D eigenvalue weighted by molar-refractivity contribution is -0.155. The van der Waals surface area contributed by atoms with Crippen LogP contribution in [0.1, 0.15) is 59.8 Å². The molecule has 8 heteroatoms. The Hall–Kier alpha value is -1.80. The summed E-state index contributed by atoms with van der Waals surface area (Å²) < 4.78 is 4.86. The monoisotopic (exact) mass is 520 g/mol. The largest absolute Gasteiger partial charge is 0.465 e. The lowest BCUT2D eigenvalue weighted by atomic mass is 9.66. The molecule has 7 atom stereocenters. The first kappa shape index (κ1) is 28.8. The number of aliphatic hydroxyl groups excluding tert-OH is 1. The van der Waals surface area contributed by atoms with Gasteiger partial charge in [0, 0.05) is 18.3 Å². The number of likely N-dealkylation sites (tertiary alicyclic amines) is 1. The molecule has 0 aromatic carbocycles. The van der Waals surface area contributed by atoms with Crippen molar-refractivity contribution in [2.45, 2.75) is 81.9 Å². The van der Waals surface area contributed by atoms with Crippen LogP contribution in [0.25, 0.3) is 0 Å². The van der Waals surface area contributed by atoms with E-state index in [0.29, 0.717) is 19.5 Å². The maximum absolute atomic E-state index is 14.3. The number of fused-ring (bicyclic) bond motifs is 1. The van der Waals surface area contributed by atoms with Gasteiger partial charge in [-0.3, -0.25) is 14.4 Å². The fourth-order valence-corrected chi connectivity index (χ4v) is 8.89. The molecule has 2 amide bonds. The summed E-state index contributed by atoms with van der Waals surface area (Å²) in [6, 6.07) is -1.23. The Morgan fingerprint density at radius 3 is 2.61 bits per heavy atom. The van der Waals surface area contributed by atoms with Crippen LogP contribution in [0.3, 0.4) is 0 Å². The number of carbonyl (C=O) groups excluding carboxylic acids is 3. The quantitative estimate of drug-likeness (QED) is 0.214. The number of aliphatic hydroxyl groups is 1. The van der Waals surface area contributed by atoms with E-state index in [0.717, 1.165) is 25.7 Å². The average Bonchev–Trinajstić information content (AvgIpc) is 3.43. The van der Waals surface area contributed by atoms with Crippen LogP contribution in [0.5, 0.6) is 0 Å². The highest BCUT2D eigenvalue weighted by molar-refractivity contribution is 8.02. The zero-order chi connectivity index (χ0) is 26.6. The van der Waals surface area contributed by atoms with Gasteiger partial charge in [0.05, 0.1) is 35.8 Å². The van der Waals surface area contributed by atoms with Gasteiger partial charge >= 0.3 is 5.97 Å². The van der Waals surface area contributed by atoms with Crippen molar-refractivity contribution in [2.24, 2.45) is 23.7 Å². The molecule has 202 valence electrons. The van der Waals surface area contributed by atoms with E-state index in [1.54, 1.807) is 28.8 Å². The van der Waals surface area contributed by atoms with Gasteiger partial charge in [-0.2, -0.15) is 0 Å². The van der Waals surface area contributed by atoms with Gasteiger partial charge in [0.25, 0.3) is 0 Å². The SMILES string of the molecule is C=CCCOC(=O)[C@@H]1[C@H]2C(=O)N([C@@H](CO)C(C)C)C(C(=O)N(CC=C)CCCCC)C23S[C@@H]1CC3C. The molecule has 0 aromatic rings. The van der Waals surface area contributed by atoms with Crippen LogP contribution in [-0.2, 0) is 19.1 Å². The first-order chi connectivity index (χ1) is 17.2. The summed E-state index contributed by atoms with van der Waals surface area (Å²) in [6.07, 6.45) is 7.68. The molecule has 36 heavy (non-hydrogen) atoms. The first-order valence-corrected chi connectivity index (χ1v) is 14.4.